The summed E-state index contributed by atoms with van der Waals surface area (Å²) in [4.78, 5) is 14.6. The van der Waals surface area contributed by atoms with Crippen LogP contribution in [0.4, 0.5) is 11.4 Å². The van der Waals surface area contributed by atoms with Gasteiger partial charge in [-0.15, -0.1) is 0 Å². The number of sulfonamides is 1. The Labute approximate surface area is 159 Å². The lowest BCUT2D eigenvalue weighted by molar-refractivity contribution is -0.387. The van der Waals surface area contributed by atoms with E-state index in [1.54, 1.807) is 30.0 Å². The molecule has 8 nitrogen and oxygen atoms in total. The molecule has 0 unspecified atom stereocenters. The first-order valence-corrected chi connectivity index (χ1v) is 10.5. The fourth-order valence-corrected chi connectivity index (χ4v) is 5.00. The molecule has 0 bridgehead atoms. The second kappa shape index (κ2) is 6.71. The van der Waals surface area contributed by atoms with Crippen LogP contribution < -0.4 is 4.72 Å². The summed E-state index contributed by atoms with van der Waals surface area (Å²) in [6.07, 6.45) is 1.94. The number of nitro benzene ring substituents is 1. The smallest absolute Gasteiger partial charge is 0.289 e. The van der Waals surface area contributed by atoms with Crippen LogP contribution in [0.1, 0.15) is 0 Å². The van der Waals surface area contributed by atoms with E-state index in [1.165, 1.54) is 18.2 Å². The van der Waals surface area contributed by atoms with E-state index in [2.05, 4.69) is 14.3 Å². The predicted molar refractivity (Wildman–Crippen MR) is 102 cm³/mol. The molecule has 3 aromatic rings. The number of hydrogen-bond donors (Lipinski definition) is 1. The van der Waals surface area contributed by atoms with Gasteiger partial charge in [-0.25, -0.2) is 13.4 Å². The summed E-state index contributed by atoms with van der Waals surface area (Å²) in [6, 6.07) is 12.0. The summed E-state index contributed by atoms with van der Waals surface area (Å²) in [5, 5.41) is 12.1. The van der Waals surface area contributed by atoms with E-state index in [4.69, 9.17) is 0 Å². The molecule has 2 aromatic carbocycles. The second-order valence-electron chi connectivity index (χ2n) is 5.86. The Hall–Kier alpha value is -2.85. The van der Waals surface area contributed by atoms with Gasteiger partial charge in [-0.05, 0) is 18.2 Å². The van der Waals surface area contributed by atoms with Gasteiger partial charge in [0.2, 0.25) is 0 Å². The Bertz CT molecular complexity index is 1120. The number of aromatic nitrogens is 2. The topological polar surface area (TPSA) is 107 Å². The third-order valence-corrected chi connectivity index (χ3v) is 6.46. The lowest BCUT2D eigenvalue weighted by Gasteiger charge is -2.09. The molecular weight excluding hydrogens is 388 g/mol. The molecule has 0 radical (unpaired) electrons. The van der Waals surface area contributed by atoms with Crippen LogP contribution in [-0.4, -0.2) is 28.6 Å². The van der Waals surface area contributed by atoms with Crippen molar-refractivity contribution in [2.75, 3.05) is 10.5 Å². The number of rotatable bonds is 5. The van der Waals surface area contributed by atoms with E-state index in [9.17, 15) is 18.5 Å². The lowest BCUT2D eigenvalue weighted by atomic mass is 10.1. The zero-order valence-electron chi connectivity index (χ0n) is 13.9. The van der Waals surface area contributed by atoms with Crippen LogP contribution >= 0.6 is 11.8 Å². The van der Waals surface area contributed by atoms with Crippen molar-refractivity contribution >= 4 is 33.2 Å². The van der Waals surface area contributed by atoms with Crippen LogP contribution in [0, 0.1) is 10.1 Å². The minimum absolute atomic E-state index is 0.312. The van der Waals surface area contributed by atoms with Crippen molar-refractivity contribution in [2.24, 2.45) is 0 Å². The van der Waals surface area contributed by atoms with Gasteiger partial charge in [0.25, 0.3) is 15.7 Å². The number of para-hydroxylation sites is 1. The predicted octanol–water partition coefficient (Wildman–Crippen LogP) is 3.36. The summed E-state index contributed by atoms with van der Waals surface area (Å²) >= 11 is 1.68. The molecule has 4 rings (SSSR count). The average Bonchev–Trinajstić information content (AvgIpc) is 3.23. The average molecular weight is 402 g/mol. The normalized spacial score (nSPS) is 13.3. The molecule has 0 fully saturated rings. The van der Waals surface area contributed by atoms with Gasteiger partial charge in [-0.1, -0.05) is 36.0 Å². The van der Waals surface area contributed by atoms with Crippen molar-refractivity contribution in [3.05, 3.63) is 64.8 Å². The zero-order valence-corrected chi connectivity index (χ0v) is 15.5. The molecule has 2 heterocycles. The molecule has 0 aliphatic carbocycles. The molecule has 0 saturated carbocycles. The van der Waals surface area contributed by atoms with Gasteiger partial charge in [0.1, 0.15) is 0 Å². The number of benzene rings is 2. The van der Waals surface area contributed by atoms with Crippen LogP contribution in [0.2, 0.25) is 0 Å². The minimum atomic E-state index is -4.11. The summed E-state index contributed by atoms with van der Waals surface area (Å²) in [5.74, 6) is 0.998. The fraction of sp³-hybridized carbons (Fsp3) is 0.118. The van der Waals surface area contributed by atoms with Crippen molar-refractivity contribution in [1.82, 2.24) is 9.55 Å². The number of aryl methyl sites for hydroxylation is 1. The molecule has 27 heavy (non-hydrogen) atoms. The van der Waals surface area contributed by atoms with E-state index >= 15 is 0 Å². The van der Waals surface area contributed by atoms with Crippen LogP contribution in [0.3, 0.4) is 0 Å². The highest BCUT2D eigenvalue weighted by atomic mass is 32.2. The molecular formula is C17H14N4O4S2. The molecule has 0 atom stereocenters. The van der Waals surface area contributed by atoms with Gasteiger partial charge in [0, 0.05) is 35.8 Å². The van der Waals surface area contributed by atoms with Gasteiger partial charge >= 0.3 is 0 Å². The van der Waals surface area contributed by atoms with Crippen LogP contribution in [0.25, 0.3) is 11.3 Å². The Morgan fingerprint density at radius 3 is 2.78 bits per heavy atom. The largest absolute Gasteiger partial charge is 0.325 e. The summed E-state index contributed by atoms with van der Waals surface area (Å²) in [7, 11) is -4.11. The van der Waals surface area contributed by atoms with Crippen molar-refractivity contribution in [3.63, 3.8) is 0 Å². The van der Waals surface area contributed by atoms with Gasteiger partial charge in [0.05, 0.1) is 10.6 Å². The number of fused-ring (bicyclic) bond motifs is 1. The number of nitrogens with zero attached hydrogens (tertiary/aromatic N) is 3. The monoisotopic (exact) mass is 402 g/mol. The Morgan fingerprint density at radius 1 is 1.19 bits per heavy atom. The quantitative estimate of drug-likeness (QED) is 0.518. The molecule has 0 spiro atoms. The van der Waals surface area contributed by atoms with E-state index in [0.29, 0.717) is 5.69 Å². The zero-order chi connectivity index (χ0) is 19.0. The molecule has 138 valence electrons. The van der Waals surface area contributed by atoms with E-state index in [1.807, 2.05) is 12.3 Å². The van der Waals surface area contributed by atoms with Crippen molar-refractivity contribution in [2.45, 2.75) is 16.6 Å². The molecule has 1 aromatic heterocycles. The first kappa shape index (κ1) is 17.6. The third-order valence-electron chi connectivity index (χ3n) is 4.07. The van der Waals surface area contributed by atoms with Crippen molar-refractivity contribution in [1.29, 1.82) is 0 Å². The SMILES string of the molecule is O=[N+]([O-])c1ccccc1S(=O)(=O)Nc1cccc(-c2cn3c(n2)SCC3)c1. The van der Waals surface area contributed by atoms with E-state index < -0.39 is 20.6 Å². The third kappa shape index (κ3) is 3.40. The van der Waals surface area contributed by atoms with Gasteiger partial charge in [0.15, 0.2) is 10.1 Å². The molecule has 1 aliphatic heterocycles. The summed E-state index contributed by atoms with van der Waals surface area (Å²) in [6.45, 7) is 0.900. The van der Waals surface area contributed by atoms with Crippen LogP contribution in [0.5, 0.6) is 0 Å². The highest BCUT2D eigenvalue weighted by Crippen LogP contribution is 2.31. The Morgan fingerprint density at radius 2 is 2.00 bits per heavy atom. The molecule has 1 aliphatic rings. The fourth-order valence-electron chi connectivity index (χ4n) is 2.84. The first-order chi connectivity index (χ1) is 12.9. The lowest BCUT2D eigenvalue weighted by Crippen LogP contribution is -2.14. The number of nitro groups is 1. The highest BCUT2D eigenvalue weighted by Gasteiger charge is 2.25. The molecule has 10 heteroatoms. The number of hydrogen-bond acceptors (Lipinski definition) is 6. The first-order valence-electron chi connectivity index (χ1n) is 8.01. The second-order valence-corrected chi connectivity index (χ2v) is 8.57. The number of thioether (sulfide) groups is 1. The number of imidazole rings is 1. The maximum Gasteiger partial charge on any atom is 0.289 e. The minimum Gasteiger partial charge on any atom is -0.325 e. The molecule has 1 N–H and O–H groups in total. The Kier molecular flexibility index (Phi) is 4.36. The highest BCUT2D eigenvalue weighted by molar-refractivity contribution is 7.99. The molecule has 0 amide bonds. The number of anilines is 1. The van der Waals surface area contributed by atoms with E-state index in [0.717, 1.165) is 34.8 Å². The standard InChI is InChI=1S/C17H14N4O4S2/c22-21(23)15-6-1-2-7-16(15)27(24,25)19-13-5-3-4-12(10-13)14-11-20-8-9-26-17(20)18-14/h1-7,10-11,19H,8-9H2. The van der Waals surface area contributed by atoms with Crippen molar-refractivity contribution in [3.8, 4) is 11.3 Å². The van der Waals surface area contributed by atoms with Crippen LogP contribution in [0.15, 0.2) is 64.8 Å². The number of nitrogens with one attached hydrogen (secondary N) is 1. The molecule has 0 saturated heterocycles. The van der Waals surface area contributed by atoms with Crippen molar-refractivity contribution < 1.29 is 13.3 Å². The van der Waals surface area contributed by atoms with Gasteiger partial charge in [-0.3, -0.25) is 14.8 Å². The van der Waals surface area contributed by atoms with Crippen LogP contribution in [-0.2, 0) is 16.6 Å². The van der Waals surface area contributed by atoms with Gasteiger partial charge in [-0.2, -0.15) is 0 Å². The Balaban J connectivity index is 1.66. The maximum atomic E-state index is 12.6. The maximum absolute atomic E-state index is 12.6. The summed E-state index contributed by atoms with van der Waals surface area (Å²) < 4.78 is 29.8. The van der Waals surface area contributed by atoms with Gasteiger partial charge < -0.3 is 4.57 Å². The summed E-state index contributed by atoms with van der Waals surface area (Å²) in [5.41, 5.74) is 1.36. The van der Waals surface area contributed by atoms with E-state index in [-0.39, 0.29) is 4.90 Å².